The molecular weight excluding hydrogens is 426 g/mol. The summed E-state index contributed by atoms with van der Waals surface area (Å²) in [6.07, 6.45) is 2.51. The zero-order valence-corrected chi connectivity index (χ0v) is 19.5. The lowest BCUT2D eigenvalue weighted by Gasteiger charge is -2.26. The number of methoxy groups -OCH3 is 1. The molecule has 1 aliphatic rings. The van der Waals surface area contributed by atoms with Crippen molar-refractivity contribution in [3.63, 3.8) is 0 Å². The zero-order chi connectivity index (χ0) is 22.8. The van der Waals surface area contributed by atoms with Crippen LogP contribution in [0.1, 0.15) is 22.3 Å². The van der Waals surface area contributed by atoms with Crippen molar-refractivity contribution < 1.29 is 19.1 Å². The maximum atomic E-state index is 13.0. The number of nitrogens with zero attached hydrogens (tertiary/aromatic N) is 1. The van der Waals surface area contributed by atoms with Gasteiger partial charge in [-0.3, -0.25) is 14.5 Å². The van der Waals surface area contributed by atoms with Crippen LogP contribution in [0.25, 0.3) is 0 Å². The summed E-state index contributed by atoms with van der Waals surface area (Å²) in [5.74, 6) is 0.668. The van der Waals surface area contributed by atoms with Gasteiger partial charge in [-0.25, -0.2) is 0 Å². The van der Waals surface area contributed by atoms with Crippen molar-refractivity contribution in [2.75, 3.05) is 50.7 Å². The van der Waals surface area contributed by atoms with Gasteiger partial charge >= 0.3 is 0 Å². The Balaban J connectivity index is 1.66. The molecule has 0 bridgehead atoms. The molecule has 7 nitrogen and oxygen atoms in total. The molecule has 3 rings (SSSR count). The van der Waals surface area contributed by atoms with Crippen molar-refractivity contribution in [3.05, 3.63) is 59.7 Å². The predicted molar refractivity (Wildman–Crippen MR) is 128 cm³/mol. The van der Waals surface area contributed by atoms with E-state index in [2.05, 4.69) is 21.6 Å². The largest absolute Gasteiger partial charge is 0.496 e. The van der Waals surface area contributed by atoms with Crippen molar-refractivity contribution in [2.24, 2.45) is 0 Å². The first kappa shape index (κ1) is 24.1. The van der Waals surface area contributed by atoms with Crippen molar-refractivity contribution in [1.82, 2.24) is 10.2 Å². The quantitative estimate of drug-likeness (QED) is 0.571. The molecule has 0 saturated carbocycles. The number of thioether (sulfide) groups is 1. The molecule has 32 heavy (non-hydrogen) atoms. The van der Waals surface area contributed by atoms with E-state index in [0.29, 0.717) is 17.7 Å². The van der Waals surface area contributed by atoms with Gasteiger partial charge < -0.3 is 20.1 Å². The van der Waals surface area contributed by atoms with Crippen molar-refractivity contribution in [3.8, 4) is 5.75 Å². The van der Waals surface area contributed by atoms with Crippen LogP contribution in [0, 0.1) is 0 Å². The fraction of sp³-hybridized carbons (Fsp3) is 0.417. The Morgan fingerprint density at radius 1 is 1.16 bits per heavy atom. The standard InChI is InChI=1S/C24H31N3O4S/c1-30-22-9-4-3-8-20(22)23(28)26-21(10-15-32-2)24(29)25-19-7-5-6-18(16-19)17-27-11-13-31-14-12-27/h3-9,16,21H,10-15,17H2,1-2H3,(H,25,29)(H,26,28). The minimum absolute atomic E-state index is 0.231. The molecular formula is C24H31N3O4S. The van der Waals surface area contributed by atoms with E-state index in [1.165, 1.54) is 7.11 Å². The van der Waals surface area contributed by atoms with Gasteiger partial charge in [0.1, 0.15) is 11.8 Å². The highest BCUT2D eigenvalue weighted by molar-refractivity contribution is 7.98. The van der Waals surface area contributed by atoms with E-state index in [4.69, 9.17) is 9.47 Å². The highest BCUT2D eigenvalue weighted by atomic mass is 32.2. The maximum absolute atomic E-state index is 13.0. The first-order valence-corrected chi connectivity index (χ1v) is 12.1. The lowest BCUT2D eigenvalue weighted by atomic mass is 10.1. The third-order valence-corrected chi connectivity index (χ3v) is 5.93. The second-order valence-electron chi connectivity index (χ2n) is 7.59. The normalized spacial score (nSPS) is 15.1. The summed E-state index contributed by atoms with van der Waals surface area (Å²) in [6.45, 7) is 4.12. The average Bonchev–Trinajstić information content (AvgIpc) is 2.82. The molecule has 0 radical (unpaired) electrons. The molecule has 1 saturated heterocycles. The Morgan fingerprint density at radius 2 is 1.94 bits per heavy atom. The lowest BCUT2D eigenvalue weighted by Crippen LogP contribution is -2.44. The van der Waals surface area contributed by atoms with Crippen LogP contribution in [-0.4, -0.2) is 68.2 Å². The van der Waals surface area contributed by atoms with E-state index in [-0.39, 0.29) is 11.8 Å². The van der Waals surface area contributed by atoms with Crippen LogP contribution in [0.5, 0.6) is 5.75 Å². The highest BCUT2D eigenvalue weighted by Crippen LogP contribution is 2.18. The molecule has 1 atom stereocenters. The Kier molecular flexibility index (Phi) is 9.40. The molecule has 172 valence electrons. The van der Waals surface area contributed by atoms with Crippen LogP contribution >= 0.6 is 11.8 Å². The summed E-state index contributed by atoms with van der Waals surface area (Å²) in [6, 6.07) is 14.2. The van der Waals surface area contributed by atoms with Crippen LogP contribution < -0.4 is 15.4 Å². The number of morpholine rings is 1. The van der Waals surface area contributed by atoms with Gasteiger partial charge in [0.2, 0.25) is 5.91 Å². The third-order valence-electron chi connectivity index (χ3n) is 5.29. The Bertz CT molecular complexity index is 902. The number of carbonyl (C=O) groups is 2. The number of ether oxygens (including phenoxy) is 2. The fourth-order valence-corrected chi connectivity index (χ4v) is 4.04. The Morgan fingerprint density at radius 3 is 2.69 bits per heavy atom. The van der Waals surface area contributed by atoms with Crippen LogP contribution in [0.3, 0.4) is 0 Å². The summed E-state index contributed by atoms with van der Waals surface area (Å²) in [5.41, 5.74) is 2.26. The number of para-hydroxylation sites is 1. The summed E-state index contributed by atoms with van der Waals surface area (Å²) in [5, 5.41) is 5.85. The Labute approximate surface area is 193 Å². The van der Waals surface area contributed by atoms with Crippen molar-refractivity contribution >= 4 is 29.3 Å². The molecule has 0 spiro atoms. The zero-order valence-electron chi connectivity index (χ0n) is 18.6. The van der Waals surface area contributed by atoms with E-state index in [0.717, 1.165) is 49.9 Å². The van der Waals surface area contributed by atoms with E-state index in [9.17, 15) is 9.59 Å². The van der Waals surface area contributed by atoms with Crippen LogP contribution in [-0.2, 0) is 16.1 Å². The van der Waals surface area contributed by atoms with E-state index < -0.39 is 6.04 Å². The summed E-state index contributed by atoms with van der Waals surface area (Å²) >= 11 is 1.63. The average molecular weight is 458 g/mol. The molecule has 1 heterocycles. The summed E-state index contributed by atoms with van der Waals surface area (Å²) < 4.78 is 10.7. The summed E-state index contributed by atoms with van der Waals surface area (Å²) in [4.78, 5) is 28.2. The van der Waals surface area contributed by atoms with Crippen LogP contribution in [0.15, 0.2) is 48.5 Å². The van der Waals surface area contributed by atoms with Gasteiger partial charge in [0.25, 0.3) is 5.91 Å². The van der Waals surface area contributed by atoms with Gasteiger partial charge in [-0.2, -0.15) is 11.8 Å². The molecule has 8 heteroatoms. The van der Waals surface area contributed by atoms with E-state index in [1.54, 1.807) is 36.0 Å². The Hall–Kier alpha value is -2.55. The van der Waals surface area contributed by atoms with Crippen LogP contribution in [0.2, 0.25) is 0 Å². The van der Waals surface area contributed by atoms with Gasteiger partial charge in [-0.15, -0.1) is 0 Å². The second-order valence-corrected chi connectivity index (χ2v) is 8.57. The summed E-state index contributed by atoms with van der Waals surface area (Å²) in [7, 11) is 1.52. The van der Waals surface area contributed by atoms with Gasteiger partial charge in [0.05, 0.1) is 25.9 Å². The van der Waals surface area contributed by atoms with E-state index >= 15 is 0 Å². The second kappa shape index (κ2) is 12.5. The number of nitrogens with one attached hydrogen (secondary N) is 2. The molecule has 1 unspecified atom stereocenters. The molecule has 1 aliphatic heterocycles. The lowest BCUT2D eigenvalue weighted by molar-refractivity contribution is -0.118. The van der Waals surface area contributed by atoms with Gasteiger partial charge in [-0.05, 0) is 48.3 Å². The molecule has 2 amide bonds. The minimum Gasteiger partial charge on any atom is -0.496 e. The molecule has 0 aliphatic carbocycles. The smallest absolute Gasteiger partial charge is 0.255 e. The van der Waals surface area contributed by atoms with Crippen LogP contribution in [0.4, 0.5) is 5.69 Å². The first-order chi connectivity index (χ1) is 15.6. The molecule has 2 N–H and O–H groups in total. The molecule has 1 fully saturated rings. The van der Waals surface area contributed by atoms with Crippen molar-refractivity contribution in [1.29, 1.82) is 0 Å². The number of carbonyl (C=O) groups excluding carboxylic acids is 2. The first-order valence-electron chi connectivity index (χ1n) is 10.7. The maximum Gasteiger partial charge on any atom is 0.255 e. The molecule has 0 aromatic heterocycles. The number of rotatable bonds is 10. The topological polar surface area (TPSA) is 79.9 Å². The molecule has 2 aromatic rings. The van der Waals surface area contributed by atoms with E-state index in [1.807, 2.05) is 24.5 Å². The van der Waals surface area contributed by atoms with Crippen molar-refractivity contribution in [2.45, 2.75) is 19.0 Å². The molecule has 2 aromatic carbocycles. The van der Waals surface area contributed by atoms with Gasteiger partial charge in [-0.1, -0.05) is 24.3 Å². The van der Waals surface area contributed by atoms with Gasteiger partial charge in [0, 0.05) is 25.3 Å². The minimum atomic E-state index is -0.650. The number of anilines is 1. The highest BCUT2D eigenvalue weighted by Gasteiger charge is 2.23. The number of hydrogen-bond acceptors (Lipinski definition) is 6. The predicted octanol–water partition coefficient (Wildman–Crippen LogP) is 3.02. The number of amides is 2. The SMILES string of the molecule is COc1ccccc1C(=O)NC(CCSC)C(=O)Nc1cccc(CN2CCOCC2)c1. The third kappa shape index (κ3) is 6.98. The number of benzene rings is 2. The number of hydrogen-bond donors (Lipinski definition) is 2. The van der Waals surface area contributed by atoms with Gasteiger partial charge in [0.15, 0.2) is 0 Å². The fourth-order valence-electron chi connectivity index (χ4n) is 3.57. The monoisotopic (exact) mass is 457 g/mol.